The highest BCUT2D eigenvalue weighted by Gasteiger charge is 2.18. The van der Waals surface area contributed by atoms with Crippen molar-refractivity contribution in [3.05, 3.63) is 95.1 Å². The molecule has 6 nitrogen and oxygen atoms in total. The quantitative estimate of drug-likeness (QED) is 0.385. The zero-order valence-electron chi connectivity index (χ0n) is 21.8. The molecule has 2 amide bonds. The van der Waals surface area contributed by atoms with Crippen molar-refractivity contribution < 1.29 is 14.0 Å². The van der Waals surface area contributed by atoms with Crippen LogP contribution in [-0.2, 0) is 11.3 Å². The Morgan fingerprint density at radius 3 is 2.58 bits per heavy atom. The van der Waals surface area contributed by atoms with E-state index in [9.17, 15) is 14.0 Å². The minimum atomic E-state index is -0.338. The first-order valence-corrected chi connectivity index (χ1v) is 13.5. The number of benzene rings is 2. The standard InChI is InChI=1S/C27H27FN4O2P2.C2H6/c1-15-22(8-9-29-26(15)33)32-16(2)21-12-23(30-14-25(21)36)18-6-7-20(24(35)11-18)27(34)31-13-17-4-3-5-19(28)10-17;1-2/h3-7,10-12,14,32H,2,8-9,13,35-36H2,1H3,(H,29,33)(H,31,34);1-2H3. The Morgan fingerprint density at radius 2 is 1.87 bits per heavy atom. The van der Waals surface area contributed by atoms with Crippen LogP contribution < -0.4 is 26.6 Å². The van der Waals surface area contributed by atoms with Gasteiger partial charge in [0.15, 0.2) is 0 Å². The van der Waals surface area contributed by atoms with Crippen molar-refractivity contribution in [3.63, 3.8) is 0 Å². The molecule has 1 aromatic heterocycles. The summed E-state index contributed by atoms with van der Waals surface area (Å²) < 4.78 is 13.4. The summed E-state index contributed by atoms with van der Waals surface area (Å²) >= 11 is 0. The highest BCUT2D eigenvalue weighted by atomic mass is 31.0. The molecule has 0 radical (unpaired) electrons. The number of pyridine rings is 1. The number of nitrogens with zero attached hydrogens (tertiary/aromatic N) is 1. The number of nitrogens with one attached hydrogen (secondary N) is 3. The van der Waals surface area contributed by atoms with Crippen molar-refractivity contribution in [3.8, 4) is 11.3 Å². The highest BCUT2D eigenvalue weighted by Crippen LogP contribution is 2.23. The molecule has 2 heterocycles. The van der Waals surface area contributed by atoms with E-state index in [0.29, 0.717) is 40.7 Å². The van der Waals surface area contributed by atoms with Crippen molar-refractivity contribution >= 4 is 46.6 Å². The van der Waals surface area contributed by atoms with Crippen LogP contribution in [0.4, 0.5) is 4.39 Å². The monoisotopic (exact) mass is 550 g/mol. The van der Waals surface area contributed by atoms with Gasteiger partial charge >= 0.3 is 0 Å². The normalized spacial score (nSPS) is 12.7. The average Bonchev–Trinajstić information content (AvgIpc) is 2.91. The van der Waals surface area contributed by atoms with Crippen LogP contribution in [-0.4, -0.2) is 23.3 Å². The van der Waals surface area contributed by atoms with E-state index in [4.69, 9.17) is 0 Å². The topological polar surface area (TPSA) is 83.1 Å². The Balaban J connectivity index is 0.00000195. The predicted molar refractivity (Wildman–Crippen MR) is 160 cm³/mol. The fourth-order valence-electron chi connectivity index (χ4n) is 3.90. The maximum atomic E-state index is 13.4. The van der Waals surface area contributed by atoms with Crippen molar-refractivity contribution in [1.29, 1.82) is 0 Å². The molecular formula is C29H33FN4O2P2. The summed E-state index contributed by atoms with van der Waals surface area (Å²) in [5, 5.41) is 10.5. The summed E-state index contributed by atoms with van der Waals surface area (Å²) in [7, 11) is 5.26. The number of halogens is 1. The molecule has 1 aliphatic rings. The molecule has 0 saturated heterocycles. The average molecular weight is 551 g/mol. The van der Waals surface area contributed by atoms with E-state index in [0.717, 1.165) is 27.8 Å². The van der Waals surface area contributed by atoms with Crippen molar-refractivity contribution in [2.24, 2.45) is 0 Å². The van der Waals surface area contributed by atoms with Crippen LogP contribution in [0.1, 0.15) is 48.7 Å². The Kier molecular flexibility index (Phi) is 10.3. The van der Waals surface area contributed by atoms with Gasteiger partial charge in [0.1, 0.15) is 5.82 Å². The molecule has 3 N–H and O–H groups in total. The smallest absolute Gasteiger partial charge is 0.252 e. The third-order valence-electron chi connectivity index (χ3n) is 5.95. The minimum absolute atomic E-state index is 0.0777. The van der Waals surface area contributed by atoms with Crippen LogP contribution >= 0.6 is 18.5 Å². The Labute approximate surface area is 228 Å². The van der Waals surface area contributed by atoms with Gasteiger partial charge in [-0.3, -0.25) is 14.6 Å². The summed E-state index contributed by atoms with van der Waals surface area (Å²) in [5.74, 6) is -0.663. The largest absolute Gasteiger partial charge is 0.358 e. The van der Waals surface area contributed by atoms with E-state index in [1.54, 1.807) is 31.3 Å². The van der Waals surface area contributed by atoms with Crippen LogP contribution in [0.2, 0.25) is 0 Å². The molecule has 2 aromatic carbocycles. The molecule has 1 aliphatic heterocycles. The number of carbonyl (C=O) groups excluding carboxylic acids is 2. The molecule has 2 unspecified atom stereocenters. The molecule has 0 aliphatic carbocycles. The van der Waals surface area contributed by atoms with Gasteiger partial charge in [0.05, 0.1) is 5.69 Å². The van der Waals surface area contributed by atoms with Gasteiger partial charge in [-0.1, -0.05) is 38.6 Å². The van der Waals surface area contributed by atoms with Crippen LogP contribution in [0.5, 0.6) is 0 Å². The molecule has 3 aromatic rings. The van der Waals surface area contributed by atoms with E-state index < -0.39 is 0 Å². The van der Waals surface area contributed by atoms with E-state index >= 15 is 0 Å². The van der Waals surface area contributed by atoms with E-state index in [-0.39, 0.29) is 24.2 Å². The van der Waals surface area contributed by atoms with Gasteiger partial charge < -0.3 is 16.0 Å². The second-order valence-corrected chi connectivity index (χ2v) is 9.73. The summed E-state index contributed by atoms with van der Waals surface area (Å²) in [6.07, 6.45) is 2.46. The molecule has 38 heavy (non-hydrogen) atoms. The van der Waals surface area contributed by atoms with Gasteiger partial charge in [-0.25, -0.2) is 4.39 Å². The lowest BCUT2D eigenvalue weighted by molar-refractivity contribution is -0.117. The van der Waals surface area contributed by atoms with E-state index in [1.165, 1.54) is 12.1 Å². The predicted octanol–water partition coefficient (Wildman–Crippen LogP) is 4.20. The number of amides is 2. The van der Waals surface area contributed by atoms with Gasteiger partial charge in [-0.15, -0.1) is 18.5 Å². The zero-order valence-corrected chi connectivity index (χ0v) is 24.1. The Bertz CT molecular complexity index is 1410. The molecule has 2 atom stereocenters. The molecule has 4 rings (SSSR count). The van der Waals surface area contributed by atoms with Gasteiger partial charge in [-0.2, -0.15) is 0 Å². The lowest BCUT2D eigenvalue weighted by Gasteiger charge is -2.21. The van der Waals surface area contributed by atoms with E-state index in [2.05, 4.69) is 46.0 Å². The summed E-state index contributed by atoms with van der Waals surface area (Å²) in [4.78, 5) is 29.2. The SMILES string of the molecule is C=C(NC1=C(C)C(=O)NCC1)c1cc(-c2ccc(C(=O)NCc3cccc(F)c3)c(P)c2)ncc1P.CC. The lowest BCUT2D eigenvalue weighted by atomic mass is 10.0. The highest BCUT2D eigenvalue weighted by molar-refractivity contribution is 7.28. The van der Waals surface area contributed by atoms with Gasteiger partial charge in [-0.05, 0) is 53.4 Å². The number of aromatic nitrogens is 1. The maximum absolute atomic E-state index is 13.4. The number of rotatable bonds is 7. The third kappa shape index (κ3) is 7.12. The summed E-state index contributed by atoms with van der Waals surface area (Å²) in [6, 6.07) is 13.5. The molecule has 9 heteroatoms. The molecule has 0 spiro atoms. The molecular weight excluding hydrogens is 517 g/mol. The van der Waals surface area contributed by atoms with Gasteiger partial charge in [0.25, 0.3) is 5.91 Å². The third-order valence-corrected chi connectivity index (χ3v) is 6.89. The zero-order chi connectivity index (χ0) is 27.8. The first-order chi connectivity index (χ1) is 18.2. The van der Waals surface area contributed by atoms with Crippen LogP contribution in [0.3, 0.4) is 0 Å². The number of carbonyl (C=O) groups is 2. The molecule has 0 saturated carbocycles. The maximum Gasteiger partial charge on any atom is 0.252 e. The van der Waals surface area contributed by atoms with Crippen molar-refractivity contribution in [1.82, 2.24) is 20.9 Å². The minimum Gasteiger partial charge on any atom is -0.358 e. The first-order valence-electron chi connectivity index (χ1n) is 12.3. The molecule has 0 bridgehead atoms. The second-order valence-electron chi connectivity index (χ2n) is 8.48. The van der Waals surface area contributed by atoms with Gasteiger partial charge in [0.2, 0.25) is 5.91 Å². The Hall–Kier alpha value is -3.40. The second kappa shape index (κ2) is 13.4. The fraction of sp³-hybridized carbons (Fsp3) is 0.207. The summed E-state index contributed by atoms with van der Waals surface area (Å²) in [5.41, 5.74) is 5.80. The van der Waals surface area contributed by atoms with Gasteiger partial charge in [0, 0.05) is 59.4 Å². The number of hydrogen-bond donors (Lipinski definition) is 3. The van der Waals surface area contributed by atoms with Crippen LogP contribution in [0.25, 0.3) is 17.0 Å². The van der Waals surface area contributed by atoms with E-state index in [1.807, 2.05) is 32.0 Å². The summed E-state index contributed by atoms with van der Waals surface area (Å²) in [6.45, 7) is 10.8. The number of hydrogen-bond acceptors (Lipinski definition) is 4. The van der Waals surface area contributed by atoms with Crippen molar-refractivity contribution in [2.45, 2.75) is 33.7 Å². The Morgan fingerprint density at radius 1 is 1.11 bits per heavy atom. The van der Waals surface area contributed by atoms with Crippen molar-refractivity contribution in [2.75, 3.05) is 6.54 Å². The first kappa shape index (κ1) is 29.2. The fourth-order valence-corrected chi connectivity index (χ4v) is 4.64. The van der Waals surface area contributed by atoms with Crippen LogP contribution in [0.15, 0.2) is 72.6 Å². The molecule has 0 fully saturated rings. The van der Waals surface area contributed by atoms with Crippen LogP contribution in [0, 0.1) is 5.82 Å². The lowest BCUT2D eigenvalue weighted by Crippen LogP contribution is -2.34. The molecule has 198 valence electrons.